The smallest absolute Gasteiger partial charge is 0.348 e. The molecule has 0 N–H and O–H groups in total. The Hall–Kier alpha value is -2.87. The Bertz CT molecular complexity index is 902. The lowest BCUT2D eigenvalue weighted by atomic mass is 10.2. The third-order valence-corrected chi connectivity index (χ3v) is 4.35. The van der Waals surface area contributed by atoms with Crippen molar-refractivity contribution in [2.24, 2.45) is 0 Å². The van der Waals surface area contributed by atoms with Gasteiger partial charge in [0.15, 0.2) is 18.1 Å². The van der Waals surface area contributed by atoms with E-state index in [4.69, 9.17) is 18.7 Å². The molecular formula is C16H12N2O5S. The molecule has 0 aliphatic carbocycles. The average Bonchev–Trinajstić information content (AvgIpc) is 3.32. The fourth-order valence-electron chi connectivity index (χ4n) is 2.21. The van der Waals surface area contributed by atoms with Crippen molar-refractivity contribution < 1.29 is 23.5 Å². The number of benzene rings is 1. The molecule has 8 heteroatoms. The second-order valence-electron chi connectivity index (χ2n) is 5.07. The van der Waals surface area contributed by atoms with Gasteiger partial charge in [0, 0.05) is 10.4 Å². The van der Waals surface area contributed by atoms with E-state index in [-0.39, 0.29) is 19.3 Å². The van der Waals surface area contributed by atoms with Gasteiger partial charge >= 0.3 is 5.97 Å². The molecule has 24 heavy (non-hydrogen) atoms. The minimum absolute atomic E-state index is 0.0761. The van der Waals surface area contributed by atoms with Crippen LogP contribution in [0, 0.1) is 6.92 Å². The number of rotatable bonds is 4. The van der Waals surface area contributed by atoms with Gasteiger partial charge in [0.1, 0.15) is 4.88 Å². The number of carbonyl (C=O) groups excluding carboxylic acids is 1. The van der Waals surface area contributed by atoms with Crippen molar-refractivity contribution in [2.75, 3.05) is 6.79 Å². The maximum atomic E-state index is 11.9. The summed E-state index contributed by atoms with van der Waals surface area (Å²) in [6.07, 6.45) is 0. The molecule has 0 spiro atoms. The standard InChI is InChI=1S/C16H12N2O5S/c1-9-2-5-13(24-9)16(19)20-7-14-17-15(18-23-14)10-3-4-11-12(6-10)22-8-21-11/h2-6H,7-8H2,1H3. The highest BCUT2D eigenvalue weighted by Crippen LogP contribution is 2.35. The molecule has 0 radical (unpaired) electrons. The van der Waals surface area contributed by atoms with Gasteiger partial charge in [-0.05, 0) is 37.3 Å². The van der Waals surface area contributed by atoms with E-state index < -0.39 is 5.97 Å². The van der Waals surface area contributed by atoms with Crippen molar-refractivity contribution in [1.82, 2.24) is 10.1 Å². The van der Waals surface area contributed by atoms with E-state index in [2.05, 4.69) is 10.1 Å². The predicted octanol–water partition coefficient (Wildman–Crippen LogP) is 3.19. The molecule has 3 aromatic rings. The zero-order valence-electron chi connectivity index (χ0n) is 12.6. The first-order chi connectivity index (χ1) is 11.7. The summed E-state index contributed by atoms with van der Waals surface area (Å²) in [5.41, 5.74) is 0.731. The highest BCUT2D eigenvalue weighted by Gasteiger charge is 2.17. The van der Waals surface area contributed by atoms with Crippen molar-refractivity contribution in [3.8, 4) is 22.9 Å². The van der Waals surface area contributed by atoms with E-state index in [9.17, 15) is 4.79 Å². The van der Waals surface area contributed by atoms with E-state index in [1.165, 1.54) is 11.3 Å². The molecule has 1 aliphatic heterocycles. The van der Waals surface area contributed by atoms with Gasteiger partial charge in [-0.2, -0.15) is 4.98 Å². The Morgan fingerprint density at radius 3 is 2.96 bits per heavy atom. The summed E-state index contributed by atoms with van der Waals surface area (Å²) in [5.74, 6) is 1.53. The first-order valence-corrected chi connectivity index (χ1v) is 7.97. The Balaban J connectivity index is 1.44. The van der Waals surface area contributed by atoms with E-state index in [1.54, 1.807) is 18.2 Å². The lowest BCUT2D eigenvalue weighted by Crippen LogP contribution is -2.03. The molecule has 1 aliphatic rings. The second kappa shape index (κ2) is 5.97. The number of aromatic nitrogens is 2. The molecular weight excluding hydrogens is 332 g/mol. The van der Waals surface area contributed by atoms with Crippen LogP contribution in [-0.4, -0.2) is 22.9 Å². The monoisotopic (exact) mass is 344 g/mol. The lowest BCUT2D eigenvalue weighted by Gasteiger charge is -1.98. The zero-order chi connectivity index (χ0) is 16.5. The van der Waals surface area contributed by atoms with Gasteiger partial charge in [-0.1, -0.05) is 5.16 Å². The van der Waals surface area contributed by atoms with Crippen molar-refractivity contribution >= 4 is 17.3 Å². The van der Waals surface area contributed by atoms with Gasteiger partial charge in [0.05, 0.1) is 0 Å². The molecule has 0 fully saturated rings. The SMILES string of the molecule is Cc1ccc(C(=O)OCc2nc(-c3ccc4c(c3)OCO4)no2)s1. The summed E-state index contributed by atoms with van der Waals surface area (Å²) in [7, 11) is 0. The minimum atomic E-state index is -0.407. The van der Waals surface area contributed by atoms with Crippen LogP contribution in [0.5, 0.6) is 11.5 Å². The molecule has 0 atom stereocenters. The number of hydrogen-bond acceptors (Lipinski definition) is 8. The molecule has 2 aromatic heterocycles. The van der Waals surface area contributed by atoms with Gasteiger partial charge in [-0.3, -0.25) is 0 Å². The van der Waals surface area contributed by atoms with Crippen LogP contribution in [0.2, 0.25) is 0 Å². The average molecular weight is 344 g/mol. The summed E-state index contributed by atoms with van der Waals surface area (Å²) in [4.78, 5) is 17.7. The Morgan fingerprint density at radius 1 is 1.25 bits per heavy atom. The summed E-state index contributed by atoms with van der Waals surface area (Å²) in [5, 5.41) is 3.90. The van der Waals surface area contributed by atoms with Crippen LogP contribution in [0.3, 0.4) is 0 Å². The van der Waals surface area contributed by atoms with E-state index in [0.29, 0.717) is 22.2 Å². The van der Waals surface area contributed by atoms with Gasteiger partial charge in [-0.15, -0.1) is 11.3 Å². The van der Waals surface area contributed by atoms with Crippen LogP contribution in [0.15, 0.2) is 34.9 Å². The molecule has 7 nitrogen and oxygen atoms in total. The van der Waals surface area contributed by atoms with Crippen LogP contribution in [0.25, 0.3) is 11.4 Å². The Labute approximate surface area is 140 Å². The highest BCUT2D eigenvalue weighted by atomic mass is 32.1. The summed E-state index contributed by atoms with van der Waals surface area (Å²) < 4.78 is 20.9. The number of hydrogen-bond donors (Lipinski definition) is 0. The highest BCUT2D eigenvalue weighted by molar-refractivity contribution is 7.13. The number of thiophene rings is 1. The number of nitrogens with zero attached hydrogens (tertiary/aromatic N) is 2. The minimum Gasteiger partial charge on any atom is -0.454 e. The maximum Gasteiger partial charge on any atom is 0.348 e. The maximum absolute atomic E-state index is 11.9. The van der Waals surface area contributed by atoms with E-state index in [0.717, 1.165) is 10.4 Å². The summed E-state index contributed by atoms with van der Waals surface area (Å²) >= 11 is 1.38. The quantitative estimate of drug-likeness (QED) is 0.672. The number of carbonyl (C=O) groups is 1. The van der Waals surface area contributed by atoms with Crippen LogP contribution < -0.4 is 9.47 Å². The van der Waals surface area contributed by atoms with Crippen molar-refractivity contribution in [2.45, 2.75) is 13.5 Å². The van der Waals surface area contributed by atoms with Crippen molar-refractivity contribution in [3.63, 3.8) is 0 Å². The third-order valence-electron chi connectivity index (χ3n) is 3.37. The van der Waals surface area contributed by atoms with Crippen molar-refractivity contribution in [3.05, 3.63) is 46.0 Å². The molecule has 0 unspecified atom stereocenters. The fourth-order valence-corrected chi connectivity index (χ4v) is 2.97. The molecule has 1 aromatic carbocycles. The number of aryl methyl sites for hydroxylation is 1. The molecule has 122 valence electrons. The molecule has 4 rings (SSSR count). The van der Waals surface area contributed by atoms with E-state index >= 15 is 0 Å². The molecule has 0 amide bonds. The van der Waals surface area contributed by atoms with Crippen LogP contribution in [0.1, 0.15) is 20.4 Å². The van der Waals surface area contributed by atoms with Gasteiger partial charge in [0.2, 0.25) is 12.6 Å². The van der Waals surface area contributed by atoms with Gasteiger partial charge in [-0.25, -0.2) is 4.79 Å². The van der Waals surface area contributed by atoms with Crippen LogP contribution >= 0.6 is 11.3 Å². The normalized spacial score (nSPS) is 12.4. The van der Waals surface area contributed by atoms with Crippen LogP contribution in [-0.2, 0) is 11.3 Å². The first-order valence-electron chi connectivity index (χ1n) is 7.15. The lowest BCUT2D eigenvalue weighted by molar-refractivity contribution is 0.0435. The zero-order valence-corrected chi connectivity index (χ0v) is 13.5. The molecule has 0 bridgehead atoms. The van der Waals surface area contributed by atoms with Crippen LogP contribution in [0.4, 0.5) is 0 Å². The second-order valence-corrected chi connectivity index (χ2v) is 6.35. The number of ether oxygens (including phenoxy) is 3. The van der Waals surface area contributed by atoms with Gasteiger partial charge in [0.25, 0.3) is 5.89 Å². The molecule has 0 saturated heterocycles. The number of esters is 1. The summed E-state index contributed by atoms with van der Waals surface area (Å²) in [6.45, 7) is 2.05. The molecule has 3 heterocycles. The fraction of sp³-hybridized carbons (Fsp3) is 0.188. The van der Waals surface area contributed by atoms with Crippen molar-refractivity contribution in [1.29, 1.82) is 0 Å². The molecule has 0 saturated carbocycles. The van der Waals surface area contributed by atoms with Gasteiger partial charge < -0.3 is 18.7 Å². The summed E-state index contributed by atoms with van der Waals surface area (Å²) in [6, 6.07) is 8.97. The largest absolute Gasteiger partial charge is 0.454 e. The Kier molecular flexibility index (Phi) is 3.66. The first kappa shape index (κ1) is 14.7. The Morgan fingerprint density at radius 2 is 2.12 bits per heavy atom. The number of fused-ring (bicyclic) bond motifs is 1. The van der Waals surface area contributed by atoms with E-state index in [1.807, 2.05) is 19.1 Å². The third kappa shape index (κ3) is 2.83. The topological polar surface area (TPSA) is 83.7 Å². The predicted molar refractivity (Wildman–Crippen MR) is 84.0 cm³/mol.